The van der Waals surface area contributed by atoms with E-state index in [0.717, 1.165) is 29.9 Å². The monoisotopic (exact) mass is 311 g/mol. The molecular weight excluding hydrogens is 294 g/mol. The SMILES string of the molecule is Cc1cc(C2CCN(C(=O)c3cnco3)CC2)nc2ccnn12. The van der Waals surface area contributed by atoms with E-state index in [1.54, 1.807) is 6.20 Å². The Morgan fingerprint density at radius 2 is 2.17 bits per heavy atom. The Morgan fingerprint density at radius 3 is 2.91 bits per heavy atom. The molecule has 3 aromatic rings. The van der Waals surface area contributed by atoms with Gasteiger partial charge in [0.2, 0.25) is 5.76 Å². The number of nitrogens with zero attached hydrogens (tertiary/aromatic N) is 5. The summed E-state index contributed by atoms with van der Waals surface area (Å²) in [4.78, 5) is 22.6. The molecule has 0 atom stereocenters. The van der Waals surface area contributed by atoms with E-state index in [0.29, 0.717) is 24.8 Å². The molecule has 1 saturated heterocycles. The second kappa shape index (κ2) is 5.49. The summed E-state index contributed by atoms with van der Waals surface area (Å²) in [5, 5.41) is 4.25. The van der Waals surface area contributed by atoms with Crippen molar-refractivity contribution in [2.24, 2.45) is 0 Å². The lowest BCUT2D eigenvalue weighted by molar-refractivity contribution is 0.0680. The van der Waals surface area contributed by atoms with Gasteiger partial charge >= 0.3 is 0 Å². The molecule has 1 aliphatic rings. The Bertz CT molecular complexity index is 831. The third kappa shape index (κ3) is 2.48. The molecule has 3 aromatic heterocycles. The highest BCUT2D eigenvalue weighted by Gasteiger charge is 2.27. The number of oxazole rings is 1. The zero-order valence-electron chi connectivity index (χ0n) is 12.8. The van der Waals surface area contributed by atoms with Crippen LogP contribution in [0.15, 0.2) is 35.3 Å². The van der Waals surface area contributed by atoms with E-state index in [1.165, 1.54) is 12.6 Å². The number of hydrogen-bond acceptors (Lipinski definition) is 5. The van der Waals surface area contributed by atoms with Crippen LogP contribution in [-0.4, -0.2) is 43.5 Å². The van der Waals surface area contributed by atoms with Crippen LogP contribution in [0.3, 0.4) is 0 Å². The molecule has 23 heavy (non-hydrogen) atoms. The quantitative estimate of drug-likeness (QED) is 0.724. The fraction of sp³-hybridized carbons (Fsp3) is 0.375. The van der Waals surface area contributed by atoms with Gasteiger partial charge < -0.3 is 9.32 Å². The van der Waals surface area contributed by atoms with Crippen molar-refractivity contribution in [3.8, 4) is 0 Å². The van der Waals surface area contributed by atoms with Crippen molar-refractivity contribution in [2.75, 3.05) is 13.1 Å². The number of likely N-dealkylation sites (tertiary alicyclic amines) is 1. The average molecular weight is 311 g/mol. The van der Waals surface area contributed by atoms with E-state index in [1.807, 2.05) is 22.4 Å². The van der Waals surface area contributed by atoms with Crippen LogP contribution in [0.4, 0.5) is 0 Å². The van der Waals surface area contributed by atoms with Gasteiger partial charge in [0.1, 0.15) is 0 Å². The third-order valence-corrected chi connectivity index (χ3v) is 4.40. The molecule has 7 nitrogen and oxygen atoms in total. The van der Waals surface area contributed by atoms with Crippen LogP contribution >= 0.6 is 0 Å². The molecule has 1 fully saturated rings. The second-order valence-electron chi connectivity index (χ2n) is 5.86. The summed E-state index contributed by atoms with van der Waals surface area (Å²) in [6.45, 7) is 3.44. The Morgan fingerprint density at radius 1 is 1.35 bits per heavy atom. The molecule has 0 spiro atoms. The average Bonchev–Trinajstić information content (AvgIpc) is 3.26. The van der Waals surface area contributed by atoms with Gasteiger partial charge in [0.05, 0.1) is 12.4 Å². The first-order valence-electron chi connectivity index (χ1n) is 7.71. The van der Waals surface area contributed by atoms with Gasteiger partial charge in [-0.3, -0.25) is 4.79 Å². The lowest BCUT2D eigenvalue weighted by atomic mass is 9.93. The Hall–Kier alpha value is -2.70. The number of piperidine rings is 1. The Balaban J connectivity index is 1.49. The van der Waals surface area contributed by atoms with Crippen LogP contribution in [0.1, 0.15) is 40.7 Å². The van der Waals surface area contributed by atoms with E-state index in [4.69, 9.17) is 9.40 Å². The zero-order valence-corrected chi connectivity index (χ0v) is 12.8. The summed E-state index contributed by atoms with van der Waals surface area (Å²) in [5.74, 6) is 0.585. The second-order valence-corrected chi connectivity index (χ2v) is 5.86. The summed E-state index contributed by atoms with van der Waals surface area (Å²) in [5.41, 5.74) is 3.04. The number of carbonyl (C=O) groups excluding carboxylic acids is 1. The van der Waals surface area contributed by atoms with Crippen molar-refractivity contribution in [2.45, 2.75) is 25.7 Å². The lowest BCUT2D eigenvalue weighted by Gasteiger charge is -2.31. The number of rotatable bonds is 2. The van der Waals surface area contributed by atoms with E-state index in [2.05, 4.69) is 16.1 Å². The van der Waals surface area contributed by atoms with Gasteiger partial charge in [-0.1, -0.05) is 0 Å². The largest absolute Gasteiger partial charge is 0.438 e. The number of amides is 1. The minimum Gasteiger partial charge on any atom is -0.438 e. The van der Waals surface area contributed by atoms with Crippen LogP contribution in [0, 0.1) is 6.92 Å². The maximum atomic E-state index is 12.3. The normalized spacial score (nSPS) is 16.1. The van der Waals surface area contributed by atoms with Gasteiger partial charge in [-0.2, -0.15) is 5.10 Å². The molecule has 0 N–H and O–H groups in total. The van der Waals surface area contributed by atoms with Gasteiger partial charge in [0.15, 0.2) is 12.0 Å². The first kappa shape index (κ1) is 13.9. The van der Waals surface area contributed by atoms with Crippen molar-refractivity contribution in [1.29, 1.82) is 0 Å². The minimum absolute atomic E-state index is 0.0867. The molecule has 0 aromatic carbocycles. The smallest absolute Gasteiger partial charge is 0.291 e. The maximum absolute atomic E-state index is 12.3. The van der Waals surface area contributed by atoms with Crippen LogP contribution in [-0.2, 0) is 0 Å². The Kier molecular flexibility index (Phi) is 3.33. The predicted molar refractivity (Wildman–Crippen MR) is 82.1 cm³/mol. The molecule has 0 unspecified atom stereocenters. The van der Waals surface area contributed by atoms with E-state index in [-0.39, 0.29) is 5.91 Å². The molecule has 1 amide bonds. The topological polar surface area (TPSA) is 76.5 Å². The molecule has 0 aliphatic carbocycles. The predicted octanol–water partition coefficient (Wildman–Crippen LogP) is 2.05. The summed E-state index contributed by atoms with van der Waals surface area (Å²) < 4.78 is 6.93. The Labute approximate surface area is 132 Å². The highest BCUT2D eigenvalue weighted by molar-refractivity contribution is 5.91. The molecule has 118 valence electrons. The van der Waals surface area contributed by atoms with Crippen LogP contribution in [0.2, 0.25) is 0 Å². The maximum Gasteiger partial charge on any atom is 0.291 e. The molecular formula is C16H17N5O2. The fourth-order valence-corrected chi connectivity index (χ4v) is 3.16. The molecule has 4 rings (SSSR count). The summed E-state index contributed by atoms with van der Waals surface area (Å²) >= 11 is 0. The van der Waals surface area contributed by atoms with E-state index in [9.17, 15) is 4.79 Å². The van der Waals surface area contributed by atoms with Crippen molar-refractivity contribution in [3.63, 3.8) is 0 Å². The van der Waals surface area contributed by atoms with Crippen LogP contribution < -0.4 is 0 Å². The van der Waals surface area contributed by atoms with Crippen LogP contribution in [0.25, 0.3) is 5.65 Å². The molecule has 4 heterocycles. The van der Waals surface area contributed by atoms with Gasteiger partial charge in [-0.15, -0.1) is 0 Å². The van der Waals surface area contributed by atoms with E-state index < -0.39 is 0 Å². The van der Waals surface area contributed by atoms with Gasteiger partial charge in [-0.05, 0) is 25.8 Å². The van der Waals surface area contributed by atoms with Crippen molar-refractivity contribution in [1.82, 2.24) is 24.5 Å². The molecule has 1 aliphatic heterocycles. The summed E-state index contributed by atoms with van der Waals surface area (Å²) in [6.07, 6.45) is 6.31. The minimum atomic E-state index is -0.0867. The summed E-state index contributed by atoms with van der Waals surface area (Å²) in [6, 6.07) is 4.01. The van der Waals surface area contributed by atoms with Gasteiger partial charge in [-0.25, -0.2) is 14.5 Å². The molecule has 0 bridgehead atoms. The molecule has 0 radical (unpaired) electrons. The van der Waals surface area contributed by atoms with E-state index >= 15 is 0 Å². The van der Waals surface area contributed by atoms with Crippen LogP contribution in [0.5, 0.6) is 0 Å². The molecule has 0 saturated carbocycles. The standard InChI is InChI=1S/C16H17N5O2/c1-11-8-13(19-15-2-5-18-21(11)15)12-3-6-20(7-4-12)16(22)14-9-17-10-23-14/h2,5,8-10,12H,3-4,6-7H2,1H3. The van der Waals surface area contributed by atoms with Crippen molar-refractivity contribution >= 4 is 11.6 Å². The van der Waals surface area contributed by atoms with Gasteiger partial charge in [0.25, 0.3) is 5.91 Å². The van der Waals surface area contributed by atoms with Gasteiger partial charge in [0, 0.05) is 36.5 Å². The first-order valence-corrected chi connectivity index (χ1v) is 7.71. The third-order valence-electron chi connectivity index (χ3n) is 4.40. The number of aryl methyl sites for hydroxylation is 1. The number of carbonyl (C=O) groups is 1. The van der Waals surface area contributed by atoms with Crippen molar-refractivity contribution in [3.05, 3.63) is 48.1 Å². The highest BCUT2D eigenvalue weighted by atomic mass is 16.3. The highest BCUT2D eigenvalue weighted by Crippen LogP contribution is 2.28. The fourth-order valence-electron chi connectivity index (χ4n) is 3.16. The first-order chi connectivity index (χ1) is 11.2. The summed E-state index contributed by atoms with van der Waals surface area (Å²) in [7, 11) is 0. The lowest BCUT2D eigenvalue weighted by Crippen LogP contribution is -2.38. The number of aromatic nitrogens is 4. The molecule has 7 heteroatoms. The number of fused-ring (bicyclic) bond motifs is 1. The number of hydrogen-bond donors (Lipinski definition) is 0. The van der Waals surface area contributed by atoms with Crippen molar-refractivity contribution < 1.29 is 9.21 Å². The zero-order chi connectivity index (χ0) is 15.8.